The summed E-state index contributed by atoms with van der Waals surface area (Å²) in [5, 5.41) is 5.72. The molecule has 2 N–H and O–H groups in total. The molecule has 20 heavy (non-hydrogen) atoms. The molecule has 1 aromatic heterocycles. The van der Waals surface area contributed by atoms with Crippen LogP contribution in [0.5, 0.6) is 0 Å². The molecule has 0 atom stereocenters. The highest BCUT2D eigenvalue weighted by Crippen LogP contribution is 2.22. The second-order valence-electron chi connectivity index (χ2n) is 3.99. The van der Waals surface area contributed by atoms with E-state index in [2.05, 4.69) is 15.6 Å². The van der Waals surface area contributed by atoms with Gasteiger partial charge in [0.25, 0.3) is 5.91 Å². The van der Waals surface area contributed by atoms with Gasteiger partial charge in [0.05, 0.1) is 16.3 Å². The molecule has 0 saturated carbocycles. The average molecular weight is 294 g/mol. The second kappa shape index (κ2) is 6.34. The predicted octanol–water partition coefficient (Wildman–Crippen LogP) is 3.56. The maximum absolute atomic E-state index is 14.1. The van der Waals surface area contributed by atoms with Crippen molar-refractivity contribution in [3.8, 4) is 0 Å². The third-order valence-corrected chi connectivity index (χ3v) is 2.93. The fourth-order valence-electron chi connectivity index (χ4n) is 1.66. The van der Waals surface area contributed by atoms with Crippen molar-refractivity contribution in [1.29, 1.82) is 0 Å². The SMILES string of the molecule is CCNc1nccc(C(=O)Nc2ccccc2Cl)c1F. The van der Waals surface area contributed by atoms with Crippen LogP contribution in [0, 0.1) is 5.82 Å². The molecule has 0 saturated heterocycles. The molecule has 0 spiro atoms. The van der Waals surface area contributed by atoms with Gasteiger partial charge in [0, 0.05) is 12.7 Å². The number of rotatable bonds is 4. The zero-order valence-electron chi connectivity index (χ0n) is 10.8. The minimum absolute atomic E-state index is 0.0549. The highest BCUT2D eigenvalue weighted by atomic mass is 35.5. The molecule has 0 bridgehead atoms. The lowest BCUT2D eigenvalue weighted by Gasteiger charge is -2.10. The molecule has 0 aliphatic rings. The number of nitrogens with zero attached hydrogens (tertiary/aromatic N) is 1. The molecule has 2 aromatic rings. The van der Waals surface area contributed by atoms with E-state index in [4.69, 9.17) is 11.6 Å². The van der Waals surface area contributed by atoms with Crippen LogP contribution < -0.4 is 10.6 Å². The van der Waals surface area contributed by atoms with Gasteiger partial charge in [0.2, 0.25) is 0 Å². The van der Waals surface area contributed by atoms with Gasteiger partial charge in [-0.3, -0.25) is 4.79 Å². The number of amides is 1. The van der Waals surface area contributed by atoms with E-state index in [0.717, 1.165) is 0 Å². The first kappa shape index (κ1) is 14.3. The van der Waals surface area contributed by atoms with Gasteiger partial charge in [-0.05, 0) is 25.1 Å². The lowest BCUT2D eigenvalue weighted by molar-refractivity contribution is 0.102. The zero-order chi connectivity index (χ0) is 14.5. The number of aromatic nitrogens is 1. The van der Waals surface area contributed by atoms with E-state index in [-0.39, 0.29) is 11.4 Å². The van der Waals surface area contributed by atoms with Crippen LogP contribution in [0.3, 0.4) is 0 Å². The van der Waals surface area contributed by atoms with E-state index < -0.39 is 11.7 Å². The van der Waals surface area contributed by atoms with E-state index in [1.807, 2.05) is 6.92 Å². The highest BCUT2D eigenvalue weighted by Gasteiger charge is 2.16. The molecule has 0 fully saturated rings. The number of hydrogen-bond acceptors (Lipinski definition) is 3. The normalized spacial score (nSPS) is 10.2. The third-order valence-electron chi connectivity index (χ3n) is 2.60. The van der Waals surface area contributed by atoms with E-state index >= 15 is 0 Å². The molecule has 0 aliphatic carbocycles. The lowest BCUT2D eigenvalue weighted by atomic mass is 10.2. The molecule has 1 amide bonds. The number of pyridine rings is 1. The van der Waals surface area contributed by atoms with Gasteiger partial charge in [-0.2, -0.15) is 0 Å². The molecule has 0 unspecified atom stereocenters. The summed E-state index contributed by atoms with van der Waals surface area (Å²) in [7, 11) is 0. The number of para-hydroxylation sites is 1. The van der Waals surface area contributed by atoms with Gasteiger partial charge >= 0.3 is 0 Å². The van der Waals surface area contributed by atoms with E-state index in [1.165, 1.54) is 12.3 Å². The lowest BCUT2D eigenvalue weighted by Crippen LogP contribution is -2.16. The minimum Gasteiger partial charge on any atom is -0.368 e. The Labute approximate surface area is 121 Å². The van der Waals surface area contributed by atoms with Crippen molar-refractivity contribution in [2.45, 2.75) is 6.92 Å². The summed E-state index contributed by atoms with van der Waals surface area (Å²) in [4.78, 5) is 15.9. The fourth-order valence-corrected chi connectivity index (χ4v) is 1.84. The summed E-state index contributed by atoms with van der Waals surface area (Å²) >= 11 is 5.94. The molecule has 1 heterocycles. The summed E-state index contributed by atoms with van der Waals surface area (Å²) in [5.41, 5.74) is 0.344. The highest BCUT2D eigenvalue weighted by molar-refractivity contribution is 6.33. The van der Waals surface area contributed by atoms with Gasteiger partial charge in [0.1, 0.15) is 0 Å². The summed E-state index contributed by atoms with van der Waals surface area (Å²) in [5.74, 6) is -1.20. The van der Waals surface area contributed by atoms with Crippen LogP contribution in [0.1, 0.15) is 17.3 Å². The van der Waals surface area contributed by atoms with Crippen LogP contribution in [0.15, 0.2) is 36.5 Å². The average Bonchev–Trinajstić information content (AvgIpc) is 2.44. The van der Waals surface area contributed by atoms with Crippen LogP contribution in [0.25, 0.3) is 0 Å². The van der Waals surface area contributed by atoms with Gasteiger partial charge in [-0.25, -0.2) is 9.37 Å². The molecule has 2 rings (SSSR count). The number of nitrogens with one attached hydrogen (secondary N) is 2. The van der Waals surface area contributed by atoms with Gasteiger partial charge in [-0.1, -0.05) is 23.7 Å². The van der Waals surface area contributed by atoms with Crippen molar-refractivity contribution >= 4 is 29.0 Å². The fraction of sp³-hybridized carbons (Fsp3) is 0.143. The second-order valence-corrected chi connectivity index (χ2v) is 4.39. The van der Waals surface area contributed by atoms with E-state index in [9.17, 15) is 9.18 Å². The quantitative estimate of drug-likeness (QED) is 0.906. The first-order valence-electron chi connectivity index (χ1n) is 6.07. The maximum atomic E-state index is 14.1. The summed E-state index contributed by atoms with van der Waals surface area (Å²) in [6.07, 6.45) is 1.38. The monoisotopic (exact) mass is 293 g/mol. The first-order chi connectivity index (χ1) is 9.63. The van der Waals surface area contributed by atoms with Crippen molar-refractivity contribution in [3.05, 3.63) is 52.9 Å². The Morgan fingerprint density at radius 2 is 2.10 bits per heavy atom. The van der Waals surface area contributed by atoms with Crippen molar-refractivity contribution in [2.24, 2.45) is 0 Å². The Morgan fingerprint density at radius 1 is 1.35 bits per heavy atom. The molecule has 6 heteroatoms. The Hall–Kier alpha value is -2.14. The van der Waals surface area contributed by atoms with E-state index in [0.29, 0.717) is 17.3 Å². The van der Waals surface area contributed by atoms with Gasteiger partial charge in [-0.15, -0.1) is 0 Å². The number of hydrogen-bond donors (Lipinski definition) is 2. The number of carbonyl (C=O) groups is 1. The number of anilines is 2. The van der Waals surface area contributed by atoms with Crippen molar-refractivity contribution < 1.29 is 9.18 Å². The minimum atomic E-state index is -0.682. The molecule has 0 radical (unpaired) electrons. The molecule has 4 nitrogen and oxygen atoms in total. The van der Waals surface area contributed by atoms with Crippen molar-refractivity contribution in [1.82, 2.24) is 4.98 Å². The summed E-state index contributed by atoms with van der Waals surface area (Å²) < 4.78 is 14.1. The van der Waals surface area contributed by atoms with Crippen LogP contribution in [0.4, 0.5) is 15.9 Å². The molecule has 1 aromatic carbocycles. The maximum Gasteiger partial charge on any atom is 0.258 e. The Morgan fingerprint density at radius 3 is 2.80 bits per heavy atom. The van der Waals surface area contributed by atoms with Crippen LogP contribution in [-0.2, 0) is 0 Å². The Kier molecular flexibility index (Phi) is 4.53. The third kappa shape index (κ3) is 3.05. The molecule has 104 valence electrons. The largest absolute Gasteiger partial charge is 0.368 e. The number of benzene rings is 1. The standard InChI is InChI=1S/C14H13ClFN3O/c1-2-17-13-12(16)9(7-8-18-13)14(20)19-11-6-4-3-5-10(11)15/h3-8H,2H2,1H3,(H,17,18)(H,19,20). The van der Waals surface area contributed by atoms with Gasteiger partial charge < -0.3 is 10.6 Å². The Balaban J connectivity index is 2.26. The summed E-state index contributed by atoms with van der Waals surface area (Å²) in [6, 6.07) is 8.08. The van der Waals surface area contributed by atoms with Crippen molar-refractivity contribution in [2.75, 3.05) is 17.2 Å². The van der Waals surface area contributed by atoms with Crippen LogP contribution >= 0.6 is 11.6 Å². The van der Waals surface area contributed by atoms with Crippen LogP contribution in [0.2, 0.25) is 5.02 Å². The summed E-state index contributed by atoms with van der Waals surface area (Å²) in [6.45, 7) is 2.33. The molecular weight excluding hydrogens is 281 g/mol. The number of carbonyl (C=O) groups excluding carboxylic acids is 1. The molecule has 0 aliphatic heterocycles. The predicted molar refractivity (Wildman–Crippen MR) is 77.8 cm³/mol. The number of halogens is 2. The smallest absolute Gasteiger partial charge is 0.258 e. The topological polar surface area (TPSA) is 54.0 Å². The van der Waals surface area contributed by atoms with Crippen LogP contribution in [-0.4, -0.2) is 17.4 Å². The Bertz CT molecular complexity index is 634. The first-order valence-corrected chi connectivity index (χ1v) is 6.45. The van der Waals surface area contributed by atoms with Crippen molar-refractivity contribution in [3.63, 3.8) is 0 Å². The van der Waals surface area contributed by atoms with Gasteiger partial charge in [0.15, 0.2) is 11.6 Å². The van der Waals surface area contributed by atoms with E-state index in [1.54, 1.807) is 24.3 Å². The molecular formula is C14H13ClFN3O. The zero-order valence-corrected chi connectivity index (χ0v) is 11.5.